The van der Waals surface area contributed by atoms with Crippen LogP contribution in [0.3, 0.4) is 0 Å². The molecule has 4 heteroatoms. The van der Waals surface area contributed by atoms with Crippen molar-refractivity contribution in [3.63, 3.8) is 0 Å². The lowest BCUT2D eigenvalue weighted by Crippen LogP contribution is -2.29. The van der Waals surface area contributed by atoms with Crippen molar-refractivity contribution in [1.82, 2.24) is 5.32 Å². The van der Waals surface area contributed by atoms with Gasteiger partial charge in [-0.2, -0.15) is 0 Å². The molecule has 0 aliphatic rings. The minimum Gasteiger partial charge on any atom is -0.387 e. The molecule has 0 heterocycles. The van der Waals surface area contributed by atoms with E-state index in [0.29, 0.717) is 0 Å². The number of likely N-dealkylation sites (N-methyl/N-ethyl adjacent to an activating group) is 1. The van der Waals surface area contributed by atoms with E-state index in [4.69, 9.17) is 0 Å². The summed E-state index contributed by atoms with van der Waals surface area (Å²) in [7, 11) is 1.64. The van der Waals surface area contributed by atoms with Crippen LogP contribution in [0.4, 0.5) is 8.78 Å². The van der Waals surface area contributed by atoms with Crippen molar-refractivity contribution < 1.29 is 13.9 Å². The number of rotatable bonds is 3. The van der Waals surface area contributed by atoms with Gasteiger partial charge < -0.3 is 10.4 Å². The molecule has 0 aliphatic carbocycles. The Balaban J connectivity index is 2.99. The van der Waals surface area contributed by atoms with E-state index in [2.05, 4.69) is 5.32 Å². The molecule has 1 rings (SSSR count). The van der Waals surface area contributed by atoms with Crippen LogP contribution >= 0.6 is 0 Å². The van der Waals surface area contributed by atoms with Gasteiger partial charge >= 0.3 is 0 Å². The Morgan fingerprint density at radius 1 is 1.36 bits per heavy atom. The van der Waals surface area contributed by atoms with Gasteiger partial charge in [-0.1, -0.05) is 0 Å². The zero-order valence-electron chi connectivity index (χ0n) is 8.09. The van der Waals surface area contributed by atoms with E-state index in [9.17, 15) is 13.9 Å². The molecule has 0 fully saturated rings. The molecule has 2 N–H and O–H groups in total. The number of aliphatic hydroxyl groups excluding tert-OH is 1. The maximum Gasteiger partial charge on any atom is 0.129 e. The van der Waals surface area contributed by atoms with Gasteiger partial charge in [0, 0.05) is 11.6 Å². The first-order valence-corrected chi connectivity index (χ1v) is 4.36. The van der Waals surface area contributed by atoms with Crippen molar-refractivity contribution >= 4 is 0 Å². The van der Waals surface area contributed by atoms with Crippen LogP contribution in [0, 0.1) is 11.6 Å². The summed E-state index contributed by atoms with van der Waals surface area (Å²) < 4.78 is 25.9. The fourth-order valence-electron chi connectivity index (χ4n) is 1.17. The van der Waals surface area contributed by atoms with E-state index in [1.54, 1.807) is 14.0 Å². The summed E-state index contributed by atoms with van der Waals surface area (Å²) in [5, 5.41) is 12.4. The van der Waals surface area contributed by atoms with Gasteiger partial charge in [-0.05, 0) is 32.2 Å². The first kappa shape index (κ1) is 11.1. The predicted octanol–water partition coefficient (Wildman–Crippen LogP) is 1.61. The first-order chi connectivity index (χ1) is 6.56. The summed E-state index contributed by atoms with van der Waals surface area (Å²) in [5.41, 5.74) is -0.0214. The molecule has 0 saturated heterocycles. The molecule has 0 spiro atoms. The van der Waals surface area contributed by atoms with Crippen molar-refractivity contribution in [3.8, 4) is 0 Å². The fourth-order valence-corrected chi connectivity index (χ4v) is 1.17. The summed E-state index contributed by atoms with van der Waals surface area (Å²) in [6, 6.07) is 2.71. The lowest BCUT2D eigenvalue weighted by molar-refractivity contribution is 0.135. The normalized spacial score (nSPS) is 15.2. The summed E-state index contributed by atoms with van der Waals surface area (Å²) in [5.74, 6) is -1.15. The number of hydrogen-bond donors (Lipinski definition) is 2. The van der Waals surface area contributed by atoms with E-state index in [1.165, 1.54) is 0 Å². The number of halogens is 2. The van der Waals surface area contributed by atoms with Crippen LogP contribution in [-0.2, 0) is 0 Å². The average molecular weight is 201 g/mol. The zero-order valence-corrected chi connectivity index (χ0v) is 8.09. The lowest BCUT2D eigenvalue weighted by Gasteiger charge is -2.18. The highest BCUT2D eigenvalue weighted by Gasteiger charge is 2.18. The number of aliphatic hydroxyl groups is 1. The molecule has 0 aromatic heterocycles. The molecular formula is C10H13F2NO. The van der Waals surface area contributed by atoms with E-state index < -0.39 is 17.7 Å². The lowest BCUT2D eigenvalue weighted by atomic mass is 10.0. The molecule has 0 saturated carbocycles. The Kier molecular flexibility index (Phi) is 3.55. The standard InChI is InChI=1S/C10H13F2NO/c1-6(13-2)10(14)8-5-7(11)3-4-9(8)12/h3-6,10,13-14H,1-2H3. The van der Waals surface area contributed by atoms with Gasteiger partial charge in [0.15, 0.2) is 0 Å². The molecule has 0 aliphatic heterocycles. The van der Waals surface area contributed by atoms with E-state index in [-0.39, 0.29) is 11.6 Å². The molecule has 2 atom stereocenters. The molecule has 1 aromatic rings. The summed E-state index contributed by atoms with van der Waals surface area (Å²) >= 11 is 0. The predicted molar refractivity (Wildman–Crippen MR) is 49.8 cm³/mol. The van der Waals surface area contributed by atoms with Crippen LogP contribution < -0.4 is 5.32 Å². The first-order valence-electron chi connectivity index (χ1n) is 4.36. The second-order valence-corrected chi connectivity index (χ2v) is 3.19. The molecule has 0 amide bonds. The largest absolute Gasteiger partial charge is 0.387 e. The van der Waals surface area contributed by atoms with Gasteiger partial charge in [0.1, 0.15) is 11.6 Å². The van der Waals surface area contributed by atoms with Crippen LogP contribution in [0.1, 0.15) is 18.6 Å². The van der Waals surface area contributed by atoms with Crippen molar-refractivity contribution in [2.75, 3.05) is 7.05 Å². The number of hydrogen-bond acceptors (Lipinski definition) is 2. The van der Waals surface area contributed by atoms with Gasteiger partial charge in [-0.3, -0.25) is 0 Å². The molecule has 78 valence electrons. The minimum atomic E-state index is -1.05. The van der Waals surface area contributed by atoms with Gasteiger partial charge in [-0.25, -0.2) is 8.78 Å². The van der Waals surface area contributed by atoms with Crippen molar-refractivity contribution in [1.29, 1.82) is 0 Å². The van der Waals surface area contributed by atoms with Crippen molar-refractivity contribution in [3.05, 3.63) is 35.4 Å². The quantitative estimate of drug-likeness (QED) is 0.778. The number of nitrogens with one attached hydrogen (secondary N) is 1. The Morgan fingerprint density at radius 3 is 2.57 bits per heavy atom. The molecule has 2 unspecified atom stereocenters. The second kappa shape index (κ2) is 4.48. The van der Waals surface area contributed by atoms with Crippen molar-refractivity contribution in [2.45, 2.75) is 19.1 Å². The van der Waals surface area contributed by atoms with Gasteiger partial charge in [0.25, 0.3) is 0 Å². The van der Waals surface area contributed by atoms with Gasteiger partial charge in [0.2, 0.25) is 0 Å². The summed E-state index contributed by atoms with van der Waals surface area (Å²) in [6.07, 6.45) is -1.05. The van der Waals surface area contributed by atoms with Crippen LogP contribution in [0.2, 0.25) is 0 Å². The van der Waals surface area contributed by atoms with Crippen LogP contribution in [-0.4, -0.2) is 18.2 Å². The molecule has 1 aromatic carbocycles. The molecule has 2 nitrogen and oxygen atoms in total. The Hall–Kier alpha value is -1.00. The highest BCUT2D eigenvalue weighted by atomic mass is 19.1. The van der Waals surface area contributed by atoms with Gasteiger partial charge in [0.05, 0.1) is 6.10 Å². The van der Waals surface area contributed by atoms with Crippen LogP contribution in [0.5, 0.6) is 0 Å². The van der Waals surface area contributed by atoms with Crippen LogP contribution in [0.25, 0.3) is 0 Å². The smallest absolute Gasteiger partial charge is 0.129 e. The highest BCUT2D eigenvalue weighted by Crippen LogP contribution is 2.20. The van der Waals surface area contributed by atoms with Crippen LogP contribution in [0.15, 0.2) is 18.2 Å². The summed E-state index contributed by atoms with van der Waals surface area (Å²) in [6.45, 7) is 1.69. The zero-order chi connectivity index (χ0) is 10.7. The Bertz CT molecular complexity index is 317. The third-order valence-electron chi connectivity index (χ3n) is 2.21. The van der Waals surface area contributed by atoms with E-state index in [0.717, 1.165) is 18.2 Å². The van der Waals surface area contributed by atoms with E-state index >= 15 is 0 Å². The minimum absolute atomic E-state index is 0.0214. The Morgan fingerprint density at radius 2 is 2.00 bits per heavy atom. The molecule has 0 bridgehead atoms. The average Bonchev–Trinajstić information content (AvgIpc) is 2.19. The van der Waals surface area contributed by atoms with Crippen molar-refractivity contribution in [2.24, 2.45) is 0 Å². The molecule has 14 heavy (non-hydrogen) atoms. The highest BCUT2D eigenvalue weighted by molar-refractivity contribution is 5.22. The topological polar surface area (TPSA) is 32.3 Å². The number of benzene rings is 1. The van der Waals surface area contributed by atoms with Gasteiger partial charge in [-0.15, -0.1) is 0 Å². The maximum absolute atomic E-state index is 13.2. The third-order valence-corrected chi connectivity index (χ3v) is 2.21. The fraction of sp³-hybridized carbons (Fsp3) is 0.400. The molecule has 0 radical (unpaired) electrons. The SMILES string of the molecule is CNC(C)C(O)c1cc(F)ccc1F. The maximum atomic E-state index is 13.2. The van der Waals surface area contributed by atoms with E-state index in [1.807, 2.05) is 0 Å². The second-order valence-electron chi connectivity index (χ2n) is 3.19. The Labute approximate surface area is 81.6 Å². The summed E-state index contributed by atoms with van der Waals surface area (Å²) in [4.78, 5) is 0. The monoisotopic (exact) mass is 201 g/mol. The molecular weight excluding hydrogens is 188 g/mol. The third kappa shape index (κ3) is 2.27.